The predicted octanol–water partition coefficient (Wildman–Crippen LogP) is 1.83. The first kappa shape index (κ1) is 16.5. The van der Waals surface area contributed by atoms with Gasteiger partial charge in [0.1, 0.15) is 10.1 Å². The molecule has 1 aliphatic carbocycles. The van der Waals surface area contributed by atoms with Crippen LogP contribution in [0.2, 0.25) is 0 Å². The molecule has 2 rings (SSSR count). The van der Waals surface area contributed by atoms with Crippen LogP contribution in [0.15, 0.2) is 44.5 Å². The number of methoxy groups -OCH3 is 1. The zero-order valence-corrected chi connectivity index (χ0v) is 14.9. The molecule has 9 heteroatoms. The number of hydrogen-bond acceptors (Lipinski definition) is 4. The maximum absolute atomic E-state index is 12.3. The van der Waals surface area contributed by atoms with Crippen LogP contribution in [-0.4, -0.2) is 20.5 Å². The smallest absolute Gasteiger partial charge is 0.234 e. The number of nitrogens with one attached hydrogen (secondary N) is 1. The van der Waals surface area contributed by atoms with Gasteiger partial charge in [0.05, 0.1) is 16.5 Å². The molecule has 0 aliphatic heterocycles. The van der Waals surface area contributed by atoms with Crippen molar-refractivity contribution in [2.75, 3.05) is 7.11 Å². The molecule has 1 aromatic heterocycles. The molecule has 0 amide bonds. The van der Waals surface area contributed by atoms with E-state index in [2.05, 4.69) is 36.8 Å². The van der Waals surface area contributed by atoms with Crippen molar-refractivity contribution in [3.8, 4) is 0 Å². The second-order valence-electron chi connectivity index (χ2n) is 4.44. The van der Waals surface area contributed by atoms with E-state index in [4.69, 9.17) is 9.88 Å². The highest BCUT2D eigenvalue weighted by Gasteiger charge is 2.42. The number of aromatic nitrogens is 1. The number of ether oxygens (including phenoxy) is 1. The minimum absolute atomic E-state index is 0.0135. The lowest BCUT2D eigenvalue weighted by atomic mass is 9.91. The van der Waals surface area contributed by atoms with E-state index in [1.54, 1.807) is 0 Å². The average Bonchev–Trinajstić information content (AvgIpc) is 2.40. The van der Waals surface area contributed by atoms with Crippen LogP contribution in [-0.2, 0) is 19.1 Å². The Kier molecular flexibility index (Phi) is 4.48. The topological polar surface area (TPSA) is 102 Å². The maximum Gasteiger partial charge on any atom is 0.234 e. The van der Waals surface area contributed by atoms with Crippen molar-refractivity contribution in [2.24, 2.45) is 5.14 Å². The Balaban J connectivity index is 2.66. The number of hydrogen-bond donors (Lipinski definition) is 2. The van der Waals surface area contributed by atoms with Crippen molar-refractivity contribution >= 4 is 41.9 Å². The normalized spacial score (nSPS) is 22.5. The van der Waals surface area contributed by atoms with Crippen LogP contribution >= 0.6 is 31.9 Å². The van der Waals surface area contributed by atoms with Gasteiger partial charge in [-0.15, -0.1) is 0 Å². The largest absolute Gasteiger partial charge is 0.499 e. The summed E-state index contributed by atoms with van der Waals surface area (Å²) < 4.78 is 27.7. The molecule has 21 heavy (non-hydrogen) atoms. The van der Waals surface area contributed by atoms with Gasteiger partial charge in [0, 0.05) is 24.4 Å². The molecule has 1 heterocycles. The second kappa shape index (κ2) is 5.71. The van der Waals surface area contributed by atoms with E-state index >= 15 is 0 Å². The summed E-state index contributed by atoms with van der Waals surface area (Å²) in [5.41, 5.74) is 0.0449. The van der Waals surface area contributed by atoms with Gasteiger partial charge in [0.2, 0.25) is 15.5 Å². The van der Waals surface area contributed by atoms with Gasteiger partial charge in [-0.05, 0) is 28.1 Å². The molecule has 1 atom stereocenters. The lowest BCUT2D eigenvalue weighted by Crippen LogP contribution is -2.33. The van der Waals surface area contributed by atoms with Crippen molar-refractivity contribution in [1.29, 1.82) is 0 Å². The maximum atomic E-state index is 12.3. The highest BCUT2D eigenvalue weighted by molar-refractivity contribution is 9.10. The van der Waals surface area contributed by atoms with Crippen molar-refractivity contribution < 1.29 is 13.2 Å². The number of allylic oxidation sites excluding steroid dienone is 4. The van der Waals surface area contributed by atoms with E-state index in [-0.39, 0.29) is 16.8 Å². The van der Waals surface area contributed by atoms with Crippen LogP contribution in [0, 0.1) is 0 Å². The minimum Gasteiger partial charge on any atom is -0.499 e. The molecule has 114 valence electrons. The first-order chi connectivity index (χ1) is 9.70. The highest BCUT2D eigenvalue weighted by atomic mass is 79.9. The summed E-state index contributed by atoms with van der Waals surface area (Å²) in [6, 6.07) is 0. The molecule has 0 saturated carbocycles. The Morgan fingerprint density at radius 3 is 2.62 bits per heavy atom. The Bertz CT molecular complexity index is 798. The van der Waals surface area contributed by atoms with Gasteiger partial charge in [-0.1, -0.05) is 15.9 Å². The fourth-order valence-corrected chi connectivity index (χ4v) is 4.19. The molecular weight excluding hydrogens is 428 g/mol. The Morgan fingerprint density at radius 1 is 1.38 bits per heavy atom. The van der Waals surface area contributed by atoms with E-state index in [0.717, 1.165) is 0 Å². The number of sulfonamides is 1. The van der Waals surface area contributed by atoms with Crippen LogP contribution < -0.4 is 10.6 Å². The van der Waals surface area contributed by atoms with Gasteiger partial charge >= 0.3 is 0 Å². The fraction of sp³-hybridized carbons (Fsp3) is 0.250. The average molecular weight is 440 g/mol. The molecule has 0 saturated heterocycles. The summed E-state index contributed by atoms with van der Waals surface area (Å²) in [6.45, 7) is 0. The quantitative estimate of drug-likeness (QED) is 0.701. The monoisotopic (exact) mass is 438 g/mol. The number of alkyl halides is 1. The highest BCUT2D eigenvalue weighted by Crippen LogP contribution is 2.46. The fourth-order valence-electron chi connectivity index (χ4n) is 2.09. The van der Waals surface area contributed by atoms with Crippen molar-refractivity contribution in [1.82, 2.24) is 4.98 Å². The number of nitrogens with two attached hydrogens (primary N) is 1. The molecule has 1 aliphatic rings. The molecule has 3 N–H and O–H groups in total. The predicted molar refractivity (Wildman–Crippen MR) is 86.3 cm³/mol. The molecule has 0 aromatic carbocycles. The van der Waals surface area contributed by atoms with Gasteiger partial charge in [0.25, 0.3) is 0 Å². The molecule has 0 radical (unpaired) electrons. The molecular formula is C12H12Br2N2O4S. The summed E-state index contributed by atoms with van der Waals surface area (Å²) in [5, 5.41) is 5.18. The van der Waals surface area contributed by atoms with E-state index in [1.165, 1.54) is 31.7 Å². The van der Waals surface area contributed by atoms with Crippen LogP contribution in [0.1, 0.15) is 12.0 Å². The van der Waals surface area contributed by atoms with E-state index in [0.29, 0.717) is 15.8 Å². The van der Waals surface area contributed by atoms with Crippen LogP contribution in [0.4, 0.5) is 0 Å². The van der Waals surface area contributed by atoms with E-state index in [9.17, 15) is 13.2 Å². The lowest BCUT2D eigenvalue weighted by Gasteiger charge is -2.31. The second-order valence-corrected chi connectivity index (χ2v) is 8.26. The molecule has 6 nitrogen and oxygen atoms in total. The first-order valence-electron chi connectivity index (χ1n) is 5.74. The minimum atomic E-state index is -3.85. The summed E-state index contributed by atoms with van der Waals surface area (Å²) in [7, 11) is -2.40. The number of aromatic amines is 1. The number of pyridine rings is 1. The van der Waals surface area contributed by atoms with Crippen LogP contribution in [0.5, 0.6) is 0 Å². The van der Waals surface area contributed by atoms with E-state index in [1.807, 2.05) is 0 Å². The summed E-state index contributed by atoms with van der Waals surface area (Å²) >= 11 is 6.60. The zero-order chi connectivity index (χ0) is 15.8. The lowest BCUT2D eigenvalue weighted by molar-refractivity contribution is 0.254. The Morgan fingerprint density at radius 2 is 2.05 bits per heavy atom. The van der Waals surface area contributed by atoms with Crippen molar-refractivity contribution in [2.45, 2.75) is 10.7 Å². The first-order valence-corrected chi connectivity index (χ1v) is 8.87. The Labute approximate surface area is 138 Å². The van der Waals surface area contributed by atoms with Crippen LogP contribution in [0.3, 0.4) is 0 Å². The molecule has 1 unspecified atom stereocenters. The van der Waals surface area contributed by atoms with Gasteiger partial charge in [0.15, 0.2) is 0 Å². The molecule has 0 bridgehead atoms. The number of rotatable bonds is 3. The molecule has 0 spiro atoms. The number of primary sulfonamides is 1. The SMILES string of the molecule is COC1=CC=C(S(N)(=O)=O)CC1(Br)c1c[nH]cc(Br)c1=O. The molecule has 1 aromatic rings. The van der Waals surface area contributed by atoms with Gasteiger partial charge in [-0.2, -0.15) is 0 Å². The third kappa shape index (κ3) is 3.01. The van der Waals surface area contributed by atoms with E-state index < -0.39 is 14.3 Å². The third-order valence-corrected chi connectivity index (χ3v) is 5.84. The third-order valence-electron chi connectivity index (χ3n) is 3.14. The summed E-state index contributed by atoms with van der Waals surface area (Å²) in [5.74, 6) is 0.415. The Hall–Kier alpha value is -0.900. The zero-order valence-electron chi connectivity index (χ0n) is 10.9. The van der Waals surface area contributed by atoms with Crippen LogP contribution in [0.25, 0.3) is 0 Å². The van der Waals surface area contributed by atoms with Crippen molar-refractivity contribution in [3.63, 3.8) is 0 Å². The van der Waals surface area contributed by atoms with Gasteiger partial charge in [-0.3, -0.25) is 4.79 Å². The number of H-pyrrole nitrogens is 1. The van der Waals surface area contributed by atoms with Gasteiger partial charge < -0.3 is 9.72 Å². The van der Waals surface area contributed by atoms with Gasteiger partial charge in [-0.25, -0.2) is 13.6 Å². The molecule has 0 fully saturated rings. The van der Waals surface area contributed by atoms with Crippen molar-refractivity contribution in [3.05, 3.63) is 55.5 Å². The standard InChI is InChI=1S/C12H12Br2N2O4S/c1-20-10-3-2-7(21(15,18)19)4-12(10,14)8-5-16-6-9(13)11(8)17/h2-3,5-6H,4H2,1H3,(H,16,17)(H2,15,18,19). The number of halogens is 2. The summed E-state index contributed by atoms with van der Waals surface area (Å²) in [4.78, 5) is 15.2. The summed E-state index contributed by atoms with van der Waals surface area (Å²) in [6.07, 6.45) is 5.83.